The number of ether oxygens (including phenoxy) is 2. The van der Waals surface area contributed by atoms with E-state index in [0.717, 1.165) is 32.5 Å². The topological polar surface area (TPSA) is 103 Å². The molecule has 1 aliphatic heterocycles. The van der Waals surface area contributed by atoms with Gasteiger partial charge in [-0.25, -0.2) is 4.79 Å². The molecule has 0 saturated heterocycles. The summed E-state index contributed by atoms with van der Waals surface area (Å²) in [4.78, 5) is 24.2. The lowest BCUT2D eigenvalue weighted by Gasteiger charge is -2.13. The number of hydrazone groups is 1. The zero-order valence-electron chi connectivity index (χ0n) is 21.5. The van der Waals surface area contributed by atoms with Crippen LogP contribution in [0.15, 0.2) is 111 Å². The summed E-state index contributed by atoms with van der Waals surface area (Å²) in [5.41, 5.74) is 4.34. The molecule has 3 aromatic rings. The molecule has 2 heterocycles. The third-order valence-electron chi connectivity index (χ3n) is 5.12. The fourth-order valence-electron chi connectivity index (χ4n) is 3.34. The van der Waals surface area contributed by atoms with Gasteiger partial charge in [0.25, 0.3) is 0 Å². The van der Waals surface area contributed by atoms with Gasteiger partial charge in [0.15, 0.2) is 6.29 Å². The minimum absolute atomic E-state index is 0.168. The SMILES string of the molecule is CC(C)=C(N/C(C=O)=C/c1cccs1)c1ccccc1.N/N=C/c1cc(Br)ccc1OC(=O)C1=CCC=CO1. The number of allylic oxidation sites excluding steroid dienone is 4. The van der Waals surface area contributed by atoms with Gasteiger partial charge in [-0.3, -0.25) is 4.79 Å². The van der Waals surface area contributed by atoms with Crippen LogP contribution in [0.1, 0.15) is 36.3 Å². The van der Waals surface area contributed by atoms with Crippen molar-refractivity contribution in [2.24, 2.45) is 10.9 Å². The third kappa shape index (κ3) is 9.24. The summed E-state index contributed by atoms with van der Waals surface area (Å²) in [7, 11) is 0. The number of halogens is 1. The number of nitrogens with zero attached hydrogens (tertiary/aromatic N) is 1. The Balaban J connectivity index is 0.000000216. The van der Waals surface area contributed by atoms with Crippen molar-refractivity contribution in [3.63, 3.8) is 0 Å². The highest BCUT2D eigenvalue weighted by molar-refractivity contribution is 9.10. The van der Waals surface area contributed by atoms with E-state index < -0.39 is 5.97 Å². The normalized spacial score (nSPS) is 12.5. The van der Waals surface area contributed by atoms with E-state index in [1.165, 1.54) is 12.5 Å². The van der Waals surface area contributed by atoms with Crippen molar-refractivity contribution in [1.29, 1.82) is 0 Å². The van der Waals surface area contributed by atoms with Gasteiger partial charge in [0.2, 0.25) is 5.76 Å². The maximum atomic E-state index is 11.9. The van der Waals surface area contributed by atoms with Gasteiger partial charge in [0.05, 0.1) is 18.2 Å². The molecular formula is C30H28BrN3O4S. The van der Waals surface area contributed by atoms with Crippen LogP contribution >= 0.6 is 27.3 Å². The van der Waals surface area contributed by atoms with E-state index in [9.17, 15) is 9.59 Å². The first-order chi connectivity index (χ1) is 18.9. The summed E-state index contributed by atoms with van der Waals surface area (Å²) >= 11 is 4.93. The van der Waals surface area contributed by atoms with Crippen LogP contribution in [-0.4, -0.2) is 18.5 Å². The van der Waals surface area contributed by atoms with Crippen LogP contribution in [-0.2, 0) is 14.3 Å². The molecule has 1 aromatic heterocycles. The molecule has 1 aliphatic rings. The van der Waals surface area contributed by atoms with Gasteiger partial charge < -0.3 is 20.6 Å². The third-order valence-corrected chi connectivity index (χ3v) is 6.43. The summed E-state index contributed by atoms with van der Waals surface area (Å²) in [5.74, 6) is 5.09. The number of thiophene rings is 1. The lowest BCUT2D eigenvalue weighted by Crippen LogP contribution is -2.14. The van der Waals surface area contributed by atoms with E-state index in [1.807, 2.05) is 67.8 Å². The smallest absolute Gasteiger partial charge is 0.379 e. The number of hydrogen-bond donors (Lipinski definition) is 2. The Kier molecular flexibility index (Phi) is 11.5. The zero-order chi connectivity index (χ0) is 28.0. The molecule has 0 aliphatic carbocycles. The van der Waals surface area contributed by atoms with E-state index in [2.05, 4.69) is 26.3 Å². The molecule has 0 amide bonds. The van der Waals surface area contributed by atoms with E-state index >= 15 is 0 Å². The van der Waals surface area contributed by atoms with Crippen molar-refractivity contribution in [2.75, 3.05) is 0 Å². The van der Waals surface area contributed by atoms with Gasteiger partial charge in [-0.05, 0) is 73.7 Å². The van der Waals surface area contributed by atoms with Gasteiger partial charge in [0.1, 0.15) is 5.75 Å². The molecule has 0 bridgehead atoms. The lowest BCUT2D eigenvalue weighted by atomic mass is 10.1. The van der Waals surface area contributed by atoms with Crippen LogP contribution in [0, 0.1) is 0 Å². The summed E-state index contributed by atoms with van der Waals surface area (Å²) < 4.78 is 11.2. The number of nitrogens with one attached hydrogen (secondary N) is 1. The van der Waals surface area contributed by atoms with Crippen LogP contribution in [0.3, 0.4) is 0 Å². The average Bonchev–Trinajstić information content (AvgIpc) is 3.47. The second-order valence-electron chi connectivity index (χ2n) is 8.24. The Labute approximate surface area is 240 Å². The number of hydrogen-bond acceptors (Lipinski definition) is 8. The predicted molar refractivity (Wildman–Crippen MR) is 161 cm³/mol. The fourth-order valence-corrected chi connectivity index (χ4v) is 4.38. The monoisotopic (exact) mass is 605 g/mol. The highest BCUT2D eigenvalue weighted by Crippen LogP contribution is 2.23. The zero-order valence-corrected chi connectivity index (χ0v) is 23.9. The van der Waals surface area contributed by atoms with Crippen LogP contribution in [0.5, 0.6) is 5.75 Å². The first kappa shape index (κ1) is 29.3. The van der Waals surface area contributed by atoms with Crippen molar-refractivity contribution >= 4 is 57.5 Å². The van der Waals surface area contributed by atoms with Crippen molar-refractivity contribution in [1.82, 2.24) is 5.32 Å². The molecule has 0 spiro atoms. The number of carbonyl (C=O) groups is 2. The molecule has 2 aromatic carbocycles. The largest absolute Gasteiger partial charge is 0.458 e. The summed E-state index contributed by atoms with van der Waals surface area (Å²) in [6.07, 6.45) is 9.67. The Morgan fingerprint density at radius 1 is 1.15 bits per heavy atom. The van der Waals surface area contributed by atoms with E-state index in [0.29, 0.717) is 23.4 Å². The molecular weight excluding hydrogens is 578 g/mol. The predicted octanol–water partition coefficient (Wildman–Crippen LogP) is 6.79. The van der Waals surface area contributed by atoms with Crippen molar-refractivity contribution in [3.05, 3.63) is 122 Å². The number of nitrogens with two attached hydrogens (primary N) is 1. The minimum Gasteiger partial charge on any atom is -0.458 e. The van der Waals surface area contributed by atoms with Crippen molar-refractivity contribution in [3.8, 4) is 5.75 Å². The van der Waals surface area contributed by atoms with Crippen molar-refractivity contribution in [2.45, 2.75) is 20.3 Å². The molecule has 9 heteroatoms. The first-order valence-electron chi connectivity index (χ1n) is 11.9. The number of carbonyl (C=O) groups excluding carboxylic acids is 2. The molecule has 39 heavy (non-hydrogen) atoms. The molecule has 0 fully saturated rings. The molecule has 0 atom stereocenters. The summed E-state index contributed by atoms with van der Waals surface area (Å²) in [6, 6.07) is 19.1. The van der Waals surface area contributed by atoms with Gasteiger partial charge >= 0.3 is 5.97 Å². The standard InChI is InChI=1S/C17H17NOS.C13H11BrN2O3/c1-13(2)17(14-7-4-3-5-8-14)18-15(12-19)11-16-9-6-10-20-16;14-10-4-5-11(9(7-10)8-16-15)19-13(17)12-3-1-2-6-18-12/h3-12,18H,1-2H3;2-8H,1,15H2/b15-11+;16-8+. The fraction of sp³-hybridized carbons (Fsp3) is 0.100. The van der Waals surface area contributed by atoms with E-state index in [-0.39, 0.29) is 5.76 Å². The van der Waals surface area contributed by atoms with Gasteiger partial charge in [0, 0.05) is 20.6 Å². The minimum atomic E-state index is -0.557. The quantitative estimate of drug-likeness (QED) is 0.0557. The molecule has 7 nitrogen and oxygen atoms in total. The van der Waals surface area contributed by atoms with Gasteiger partial charge in [-0.15, -0.1) is 11.3 Å². The number of esters is 1. The Morgan fingerprint density at radius 3 is 2.56 bits per heavy atom. The highest BCUT2D eigenvalue weighted by Gasteiger charge is 2.16. The number of rotatable bonds is 8. The second-order valence-corrected chi connectivity index (χ2v) is 10.1. The average molecular weight is 607 g/mol. The second kappa shape index (κ2) is 15.3. The Morgan fingerprint density at radius 2 is 1.95 bits per heavy atom. The van der Waals surface area contributed by atoms with Crippen LogP contribution in [0.2, 0.25) is 0 Å². The number of benzene rings is 2. The van der Waals surface area contributed by atoms with E-state index in [4.69, 9.17) is 15.3 Å². The van der Waals surface area contributed by atoms with Crippen LogP contribution in [0.4, 0.5) is 0 Å². The molecule has 0 radical (unpaired) electrons. The van der Waals surface area contributed by atoms with Crippen LogP contribution in [0.25, 0.3) is 11.8 Å². The molecule has 200 valence electrons. The first-order valence-corrected chi connectivity index (χ1v) is 13.6. The lowest BCUT2D eigenvalue weighted by molar-refractivity contribution is -0.133. The van der Waals surface area contributed by atoms with Gasteiger partial charge in [-0.2, -0.15) is 5.10 Å². The molecule has 0 saturated carbocycles. The van der Waals surface area contributed by atoms with Gasteiger partial charge in [-0.1, -0.05) is 57.9 Å². The summed E-state index contributed by atoms with van der Waals surface area (Å²) in [6.45, 7) is 4.06. The molecule has 4 rings (SSSR count). The highest BCUT2D eigenvalue weighted by atomic mass is 79.9. The number of aldehydes is 1. The maximum absolute atomic E-state index is 11.9. The summed E-state index contributed by atoms with van der Waals surface area (Å²) in [5, 5.41) is 8.66. The molecule has 0 unspecified atom stereocenters. The Hall–Kier alpha value is -4.21. The van der Waals surface area contributed by atoms with E-state index in [1.54, 1.807) is 41.7 Å². The Bertz CT molecular complexity index is 1420. The van der Waals surface area contributed by atoms with Crippen LogP contribution < -0.4 is 15.9 Å². The van der Waals surface area contributed by atoms with Crippen molar-refractivity contribution < 1.29 is 19.1 Å². The molecule has 3 N–H and O–H groups in total. The maximum Gasteiger partial charge on any atom is 0.379 e.